The van der Waals surface area contributed by atoms with Crippen molar-refractivity contribution in [1.82, 2.24) is 5.32 Å². The lowest BCUT2D eigenvalue weighted by molar-refractivity contribution is 0.110. The topological polar surface area (TPSA) is 46.2 Å². The van der Waals surface area contributed by atoms with E-state index in [-0.39, 0.29) is 0 Å². The van der Waals surface area contributed by atoms with Gasteiger partial charge in [-0.1, -0.05) is 20.8 Å². The van der Waals surface area contributed by atoms with Crippen molar-refractivity contribution in [2.75, 3.05) is 25.1 Å². The van der Waals surface area contributed by atoms with Crippen LogP contribution in [0.3, 0.4) is 0 Å². The monoisotopic (exact) mass is 289 g/mol. The smallest absolute Gasteiger partial charge is 0.147 e. The molecule has 1 saturated carbocycles. The van der Waals surface area contributed by atoms with Crippen molar-refractivity contribution in [3.8, 4) is 0 Å². The van der Waals surface area contributed by atoms with Gasteiger partial charge in [-0.15, -0.1) is 0 Å². The summed E-state index contributed by atoms with van der Waals surface area (Å²) in [5.41, 5.74) is 0.429. The normalized spacial score (nSPS) is 27.4. The van der Waals surface area contributed by atoms with Gasteiger partial charge in [0.05, 0.1) is 0 Å². The summed E-state index contributed by atoms with van der Waals surface area (Å²) in [6, 6.07) is 0. The summed E-state index contributed by atoms with van der Waals surface area (Å²) >= 11 is 0. The average molecular weight is 289 g/mol. The van der Waals surface area contributed by atoms with Crippen LogP contribution in [0.4, 0.5) is 0 Å². The fourth-order valence-electron chi connectivity index (χ4n) is 3.33. The van der Waals surface area contributed by atoms with E-state index in [9.17, 15) is 8.42 Å². The Morgan fingerprint density at radius 3 is 2.53 bits per heavy atom. The highest BCUT2D eigenvalue weighted by Crippen LogP contribution is 2.43. The van der Waals surface area contributed by atoms with Crippen LogP contribution in [0.5, 0.6) is 0 Å². The molecule has 3 nitrogen and oxygen atoms in total. The summed E-state index contributed by atoms with van der Waals surface area (Å²) in [6.07, 6.45) is 7.05. The summed E-state index contributed by atoms with van der Waals surface area (Å²) in [7, 11) is -2.80. The van der Waals surface area contributed by atoms with Crippen LogP contribution in [0.25, 0.3) is 0 Å². The Kier molecular flexibility index (Phi) is 6.31. The van der Waals surface area contributed by atoms with E-state index in [4.69, 9.17) is 0 Å². The predicted molar refractivity (Wildman–Crippen MR) is 82.1 cm³/mol. The largest absolute Gasteiger partial charge is 0.317 e. The molecule has 0 radical (unpaired) electrons. The highest BCUT2D eigenvalue weighted by molar-refractivity contribution is 7.90. The van der Waals surface area contributed by atoms with Gasteiger partial charge in [0.15, 0.2) is 0 Å². The Balaban J connectivity index is 2.51. The molecule has 1 N–H and O–H groups in total. The molecule has 19 heavy (non-hydrogen) atoms. The van der Waals surface area contributed by atoms with E-state index in [1.807, 2.05) is 0 Å². The fraction of sp³-hybridized carbons (Fsp3) is 1.00. The van der Waals surface area contributed by atoms with Gasteiger partial charge in [-0.05, 0) is 62.4 Å². The minimum Gasteiger partial charge on any atom is -0.317 e. The fourth-order valence-corrected chi connectivity index (χ4v) is 4.03. The van der Waals surface area contributed by atoms with E-state index in [1.54, 1.807) is 0 Å². The summed E-state index contributed by atoms with van der Waals surface area (Å²) in [5.74, 6) is 1.76. The van der Waals surface area contributed by atoms with Gasteiger partial charge >= 0.3 is 0 Å². The maximum absolute atomic E-state index is 11.2. The number of sulfone groups is 1. The highest BCUT2D eigenvalue weighted by atomic mass is 32.2. The summed E-state index contributed by atoms with van der Waals surface area (Å²) < 4.78 is 22.5. The Morgan fingerprint density at radius 1 is 1.26 bits per heavy atom. The van der Waals surface area contributed by atoms with Gasteiger partial charge in [-0.25, -0.2) is 8.42 Å². The lowest BCUT2D eigenvalue weighted by Crippen LogP contribution is -2.36. The van der Waals surface area contributed by atoms with Crippen LogP contribution in [0.2, 0.25) is 0 Å². The lowest BCUT2D eigenvalue weighted by Gasteiger charge is -2.41. The molecule has 0 spiro atoms. The zero-order chi connectivity index (χ0) is 14.5. The third-order valence-electron chi connectivity index (χ3n) is 4.42. The Hall–Kier alpha value is -0.0900. The Bertz CT molecular complexity index is 362. The molecule has 0 aromatic carbocycles. The minimum atomic E-state index is -2.80. The predicted octanol–water partition coefficient (Wildman–Crippen LogP) is 2.86. The van der Waals surface area contributed by atoms with Crippen molar-refractivity contribution in [2.24, 2.45) is 17.3 Å². The molecular weight excluding hydrogens is 258 g/mol. The second-order valence-corrected chi connectivity index (χ2v) is 9.27. The van der Waals surface area contributed by atoms with Gasteiger partial charge in [0, 0.05) is 12.0 Å². The third-order valence-corrected chi connectivity index (χ3v) is 5.45. The summed E-state index contributed by atoms with van der Waals surface area (Å²) in [4.78, 5) is 0. The zero-order valence-corrected chi connectivity index (χ0v) is 13.9. The number of hydrogen-bond donors (Lipinski definition) is 1. The van der Waals surface area contributed by atoms with E-state index < -0.39 is 9.84 Å². The first-order valence-electron chi connectivity index (χ1n) is 7.62. The van der Waals surface area contributed by atoms with Crippen LogP contribution in [-0.2, 0) is 9.84 Å². The molecule has 0 bridgehead atoms. The maximum atomic E-state index is 11.2. The molecule has 0 saturated heterocycles. The molecule has 114 valence electrons. The van der Waals surface area contributed by atoms with Crippen LogP contribution in [-0.4, -0.2) is 33.5 Å². The van der Waals surface area contributed by atoms with E-state index in [0.717, 1.165) is 31.8 Å². The van der Waals surface area contributed by atoms with Crippen molar-refractivity contribution in [3.05, 3.63) is 0 Å². The van der Waals surface area contributed by atoms with Gasteiger partial charge in [-0.3, -0.25) is 0 Å². The molecule has 4 heteroatoms. The second kappa shape index (κ2) is 7.07. The summed E-state index contributed by atoms with van der Waals surface area (Å²) in [6.45, 7) is 8.96. The van der Waals surface area contributed by atoms with Crippen molar-refractivity contribution in [1.29, 1.82) is 0 Å². The van der Waals surface area contributed by atoms with Gasteiger partial charge < -0.3 is 5.32 Å². The van der Waals surface area contributed by atoms with E-state index in [2.05, 4.69) is 26.1 Å². The molecule has 1 aliphatic rings. The molecule has 0 aliphatic heterocycles. The second-order valence-electron chi connectivity index (χ2n) is 7.01. The molecule has 1 fully saturated rings. The molecule has 1 rings (SSSR count). The first-order chi connectivity index (χ1) is 8.73. The number of rotatable bonds is 7. The standard InChI is InChI=1S/C15H31NO2S/c1-5-16-12-14-8-9-15(2,3)11-13(14)7-6-10-19(4,17)18/h13-14,16H,5-12H2,1-4H3. The van der Waals surface area contributed by atoms with Gasteiger partial charge in [0.25, 0.3) is 0 Å². The van der Waals surface area contributed by atoms with E-state index in [0.29, 0.717) is 17.1 Å². The molecule has 2 unspecified atom stereocenters. The zero-order valence-electron chi connectivity index (χ0n) is 13.0. The molecule has 0 aromatic heterocycles. The van der Waals surface area contributed by atoms with Crippen LogP contribution < -0.4 is 5.32 Å². The molecule has 2 atom stereocenters. The molecule has 0 aromatic rings. The average Bonchev–Trinajstić information content (AvgIpc) is 2.25. The van der Waals surface area contributed by atoms with Crippen molar-refractivity contribution in [2.45, 2.75) is 52.9 Å². The molecule has 0 heterocycles. The number of hydrogen-bond acceptors (Lipinski definition) is 3. The van der Waals surface area contributed by atoms with Gasteiger partial charge in [0.2, 0.25) is 0 Å². The van der Waals surface area contributed by atoms with Crippen LogP contribution in [0.15, 0.2) is 0 Å². The van der Waals surface area contributed by atoms with Crippen LogP contribution in [0.1, 0.15) is 52.9 Å². The first-order valence-corrected chi connectivity index (χ1v) is 9.68. The quantitative estimate of drug-likeness (QED) is 0.784. The third kappa shape index (κ3) is 6.75. The minimum absolute atomic E-state index is 0.345. The maximum Gasteiger partial charge on any atom is 0.147 e. The van der Waals surface area contributed by atoms with Crippen LogP contribution >= 0.6 is 0 Å². The van der Waals surface area contributed by atoms with Crippen molar-refractivity contribution < 1.29 is 8.42 Å². The van der Waals surface area contributed by atoms with Gasteiger partial charge in [0.1, 0.15) is 9.84 Å². The SMILES string of the molecule is CCNCC1CCC(C)(C)CC1CCCS(C)(=O)=O. The van der Waals surface area contributed by atoms with Crippen LogP contribution in [0, 0.1) is 17.3 Å². The highest BCUT2D eigenvalue weighted by Gasteiger charge is 2.34. The van der Waals surface area contributed by atoms with Gasteiger partial charge in [-0.2, -0.15) is 0 Å². The Morgan fingerprint density at radius 2 is 1.95 bits per heavy atom. The van der Waals surface area contributed by atoms with E-state index in [1.165, 1.54) is 25.5 Å². The molecule has 0 amide bonds. The Labute approximate surface area is 119 Å². The summed E-state index contributed by atoms with van der Waals surface area (Å²) in [5, 5.41) is 3.46. The van der Waals surface area contributed by atoms with Crippen molar-refractivity contribution >= 4 is 9.84 Å². The number of nitrogens with one attached hydrogen (secondary N) is 1. The molecule has 1 aliphatic carbocycles. The van der Waals surface area contributed by atoms with E-state index >= 15 is 0 Å². The molecular formula is C15H31NO2S. The first kappa shape index (κ1) is 17.0. The lowest BCUT2D eigenvalue weighted by atomic mass is 9.66. The van der Waals surface area contributed by atoms with Crippen molar-refractivity contribution in [3.63, 3.8) is 0 Å².